The standard InChI is InChI=1S/C20H25N5O/c26-20(18-10-11-19(23-22-18)25-14-4-5-15-25)21-16-6-8-17(9-7-16)24-12-2-1-3-13-24/h6-11H,1-5,12-15H2,(H,21,26). The van der Waals surface area contributed by atoms with E-state index in [1.54, 1.807) is 6.07 Å². The molecule has 2 aliphatic rings. The molecule has 1 amide bonds. The molecule has 6 nitrogen and oxygen atoms in total. The first-order chi connectivity index (χ1) is 12.8. The Morgan fingerprint density at radius 3 is 2.08 bits per heavy atom. The van der Waals surface area contributed by atoms with E-state index in [9.17, 15) is 4.79 Å². The number of carbonyl (C=O) groups is 1. The van der Waals surface area contributed by atoms with Gasteiger partial charge >= 0.3 is 0 Å². The third kappa shape index (κ3) is 3.79. The van der Waals surface area contributed by atoms with Crippen molar-refractivity contribution in [3.63, 3.8) is 0 Å². The summed E-state index contributed by atoms with van der Waals surface area (Å²) in [5.41, 5.74) is 2.34. The lowest BCUT2D eigenvalue weighted by molar-refractivity contribution is 0.102. The molecule has 0 unspecified atom stereocenters. The second kappa shape index (κ2) is 7.72. The molecule has 0 bridgehead atoms. The van der Waals surface area contributed by atoms with Crippen molar-refractivity contribution in [2.45, 2.75) is 32.1 Å². The summed E-state index contributed by atoms with van der Waals surface area (Å²) < 4.78 is 0. The number of rotatable bonds is 4. The lowest BCUT2D eigenvalue weighted by atomic mass is 10.1. The van der Waals surface area contributed by atoms with Crippen LogP contribution in [0.25, 0.3) is 0 Å². The van der Waals surface area contributed by atoms with Crippen LogP contribution in [0.2, 0.25) is 0 Å². The Bertz CT molecular complexity index is 732. The van der Waals surface area contributed by atoms with Crippen LogP contribution in [-0.4, -0.2) is 42.3 Å². The van der Waals surface area contributed by atoms with Crippen molar-refractivity contribution < 1.29 is 4.79 Å². The molecule has 2 saturated heterocycles. The second-order valence-electron chi connectivity index (χ2n) is 7.02. The van der Waals surface area contributed by atoms with Gasteiger partial charge in [-0.05, 0) is 68.5 Å². The number of amides is 1. The molecule has 0 radical (unpaired) electrons. The molecule has 0 spiro atoms. The van der Waals surface area contributed by atoms with E-state index < -0.39 is 0 Å². The van der Waals surface area contributed by atoms with Crippen LogP contribution >= 0.6 is 0 Å². The fourth-order valence-corrected chi connectivity index (χ4v) is 3.66. The third-order valence-electron chi connectivity index (χ3n) is 5.16. The maximum atomic E-state index is 12.4. The molecule has 3 heterocycles. The molecule has 0 atom stereocenters. The van der Waals surface area contributed by atoms with Crippen LogP contribution < -0.4 is 15.1 Å². The normalized spacial score (nSPS) is 17.4. The third-order valence-corrected chi connectivity index (χ3v) is 5.16. The molecule has 0 aliphatic carbocycles. The number of aromatic nitrogens is 2. The molecular formula is C20H25N5O. The summed E-state index contributed by atoms with van der Waals surface area (Å²) >= 11 is 0. The van der Waals surface area contributed by atoms with Crippen molar-refractivity contribution >= 4 is 23.1 Å². The zero-order valence-corrected chi connectivity index (χ0v) is 15.0. The molecule has 2 aromatic rings. The first-order valence-electron chi connectivity index (χ1n) is 9.55. The lowest BCUT2D eigenvalue weighted by Gasteiger charge is -2.28. The van der Waals surface area contributed by atoms with E-state index in [4.69, 9.17) is 0 Å². The van der Waals surface area contributed by atoms with Crippen LogP contribution in [0.5, 0.6) is 0 Å². The Labute approximate surface area is 154 Å². The predicted molar refractivity (Wildman–Crippen MR) is 104 cm³/mol. The number of anilines is 3. The van der Waals surface area contributed by atoms with E-state index in [0.29, 0.717) is 5.69 Å². The molecule has 26 heavy (non-hydrogen) atoms. The summed E-state index contributed by atoms with van der Waals surface area (Å²) in [7, 11) is 0. The number of nitrogens with one attached hydrogen (secondary N) is 1. The predicted octanol–water partition coefficient (Wildman–Crippen LogP) is 3.32. The Morgan fingerprint density at radius 2 is 1.42 bits per heavy atom. The molecule has 2 fully saturated rings. The number of hydrogen-bond donors (Lipinski definition) is 1. The summed E-state index contributed by atoms with van der Waals surface area (Å²) in [5.74, 6) is 0.626. The molecule has 2 aliphatic heterocycles. The molecule has 6 heteroatoms. The quantitative estimate of drug-likeness (QED) is 0.916. The molecular weight excluding hydrogens is 326 g/mol. The number of hydrogen-bond acceptors (Lipinski definition) is 5. The summed E-state index contributed by atoms with van der Waals surface area (Å²) in [6.07, 6.45) is 6.21. The fourth-order valence-electron chi connectivity index (χ4n) is 3.66. The molecule has 1 N–H and O–H groups in total. The van der Waals surface area contributed by atoms with Crippen LogP contribution in [0.4, 0.5) is 17.2 Å². The number of benzene rings is 1. The zero-order valence-electron chi connectivity index (χ0n) is 15.0. The second-order valence-corrected chi connectivity index (χ2v) is 7.02. The van der Waals surface area contributed by atoms with Gasteiger partial charge in [0.15, 0.2) is 11.5 Å². The van der Waals surface area contributed by atoms with Gasteiger partial charge in [0.2, 0.25) is 0 Å². The monoisotopic (exact) mass is 351 g/mol. The van der Waals surface area contributed by atoms with Crippen molar-refractivity contribution in [3.05, 3.63) is 42.1 Å². The Balaban J connectivity index is 1.37. The van der Waals surface area contributed by atoms with Crippen molar-refractivity contribution in [2.75, 3.05) is 41.3 Å². The van der Waals surface area contributed by atoms with Gasteiger partial charge in [-0.15, -0.1) is 10.2 Å². The molecule has 4 rings (SSSR count). The average Bonchev–Trinajstić information content (AvgIpc) is 3.24. The Hall–Kier alpha value is -2.63. The van der Waals surface area contributed by atoms with Crippen molar-refractivity contribution in [3.8, 4) is 0 Å². The highest BCUT2D eigenvalue weighted by atomic mass is 16.1. The van der Waals surface area contributed by atoms with Crippen LogP contribution in [0, 0.1) is 0 Å². The fraction of sp³-hybridized carbons (Fsp3) is 0.450. The number of piperidine rings is 1. The highest BCUT2D eigenvalue weighted by Gasteiger charge is 2.16. The number of carbonyl (C=O) groups excluding carboxylic acids is 1. The van der Waals surface area contributed by atoms with Crippen molar-refractivity contribution in [1.29, 1.82) is 0 Å². The van der Waals surface area contributed by atoms with E-state index in [2.05, 4.69) is 37.4 Å². The first-order valence-corrected chi connectivity index (χ1v) is 9.55. The molecule has 136 valence electrons. The molecule has 1 aromatic carbocycles. The van der Waals surface area contributed by atoms with Crippen LogP contribution in [0.15, 0.2) is 36.4 Å². The minimum Gasteiger partial charge on any atom is -0.372 e. The summed E-state index contributed by atoms with van der Waals surface area (Å²) in [5, 5.41) is 11.2. The minimum atomic E-state index is -0.226. The van der Waals surface area contributed by atoms with Crippen LogP contribution in [0.1, 0.15) is 42.6 Å². The smallest absolute Gasteiger partial charge is 0.276 e. The maximum Gasteiger partial charge on any atom is 0.276 e. The lowest BCUT2D eigenvalue weighted by Crippen LogP contribution is -2.29. The summed E-state index contributed by atoms with van der Waals surface area (Å²) in [4.78, 5) is 17.0. The topological polar surface area (TPSA) is 61.4 Å². The van der Waals surface area contributed by atoms with Gasteiger partial charge in [-0.25, -0.2) is 0 Å². The van der Waals surface area contributed by atoms with Gasteiger partial charge in [0, 0.05) is 37.6 Å². The summed E-state index contributed by atoms with van der Waals surface area (Å²) in [6.45, 7) is 4.27. The molecule has 1 aromatic heterocycles. The maximum absolute atomic E-state index is 12.4. The van der Waals surface area contributed by atoms with E-state index >= 15 is 0 Å². The highest BCUT2D eigenvalue weighted by molar-refractivity contribution is 6.02. The van der Waals surface area contributed by atoms with E-state index in [-0.39, 0.29) is 5.91 Å². The van der Waals surface area contributed by atoms with Gasteiger partial charge in [-0.3, -0.25) is 4.79 Å². The van der Waals surface area contributed by atoms with E-state index in [0.717, 1.165) is 37.7 Å². The minimum absolute atomic E-state index is 0.226. The largest absolute Gasteiger partial charge is 0.372 e. The van der Waals surface area contributed by atoms with Crippen LogP contribution in [-0.2, 0) is 0 Å². The van der Waals surface area contributed by atoms with Crippen molar-refractivity contribution in [2.24, 2.45) is 0 Å². The molecule has 0 saturated carbocycles. The van der Waals surface area contributed by atoms with Gasteiger partial charge in [0.05, 0.1) is 0 Å². The van der Waals surface area contributed by atoms with E-state index in [1.165, 1.54) is 37.8 Å². The Morgan fingerprint density at radius 1 is 0.769 bits per heavy atom. The number of nitrogens with zero attached hydrogens (tertiary/aromatic N) is 4. The van der Waals surface area contributed by atoms with E-state index in [1.807, 2.05) is 18.2 Å². The SMILES string of the molecule is O=C(Nc1ccc(N2CCCCC2)cc1)c1ccc(N2CCCC2)nn1. The first kappa shape index (κ1) is 16.8. The van der Waals surface area contributed by atoms with Gasteiger partial charge in [0.1, 0.15) is 0 Å². The summed E-state index contributed by atoms with van der Waals surface area (Å²) in [6, 6.07) is 11.7. The average molecular weight is 351 g/mol. The van der Waals surface area contributed by atoms with Crippen molar-refractivity contribution in [1.82, 2.24) is 10.2 Å². The van der Waals surface area contributed by atoms with Crippen LogP contribution in [0.3, 0.4) is 0 Å². The van der Waals surface area contributed by atoms with Gasteiger partial charge in [-0.1, -0.05) is 0 Å². The highest BCUT2D eigenvalue weighted by Crippen LogP contribution is 2.22. The Kier molecular flexibility index (Phi) is 5.00. The zero-order chi connectivity index (χ0) is 17.8. The van der Waals surface area contributed by atoms with Gasteiger partial charge in [-0.2, -0.15) is 0 Å². The van der Waals surface area contributed by atoms with Gasteiger partial charge in [0.25, 0.3) is 5.91 Å². The van der Waals surface area contributed by atoms with Gasteiger partial charge < -0.3 is 15.1 Å².